The van der Waals surface area contributed by atoms with Crippen LogP contribution in [-0.4, -0.2) is 27.2 Å². The van der Waals surface area contributed by atoms with Crippen LogP contribution < -0.4 is 5.32 Å². The maximum Gasteiger partial charge on any atom is 0.160 e. The second-order valence-electron chi connectivity index (χ2n) is 5.72. The fourth-order valence-corrected chi connectivity index (χ4v) is 3.07. The van der Waals surface area contributed by atoms with E-state index in [2.05, 4.69) is 26.8 Å². The molecule has 102 valence electrons. The molecule has 2 unspecified atom stereocenters. The molecule has 1 fully saturated rings. The van der Waals surface area contributed by atoms with Gasteiger partial charge < -0.3 is 5.32 Å². The summed E-state index contributed by atoms with van der Waals surface area (Å²) in [6.07, 6.45) is 8.38. The molecule has 1 N–H and O–H groups in total. The number of aromatic nitrogens is 3. The summed E-state index contributed by atoms with van der Waals surface area (Å²) in [5.74, 6) is 1.92. The Hall–Kier alpha value is -1.42. The largest absolute Gasteiger partial charge is 0.314 e. The van der Waals surface area contributed by atoms with Gasteiger partial charge in [-0.2, -0.15) is 0 Å². The lowest BCUT2D eigenvalue weighted by molar-refractivity contribution is 0.302. The van der Waals surface area contributed by atoms with Crippen LogP contribution >= 0.6 is 0 Å². The van der Waals surface area contributed by atoms with Gasteiger partial charge in [0.05, 0.1) is 0 Å². The normalized spacial score (nSPS) is 23.8. The van der Waals surface area contributed by atoms with E-state index >= 15 is 0 Å². The van der Waals surface area contributed by atoms with Crippen molar-refractivity contribution in [3.63, 3.8) is 0 Å². The molecule has 3 rings (SSSR count). The lowest BCUT2D eigenvalue weighted by atomic mass is 9.87. The van der Waals surface area contributed by atoms with Gasteiger partial charge in [0.25, 0.3) is 0 Å². The molecule has 4 heteroatoms. The van der Waals surface area contributed by atoms with Gasteiger partial charge in [-0.1, -0.05) is 25.8 Å². The molecule has 2 atom stereocenters. The van der Waals surface area contributed by atoms with Gasteiger partial charge in [0.2, 0.25) is 0 Å². The molecule has 0 saturated heterocycles. The van der Waals surface area contributed by atoms with Crippen LogP contribution in [0.25, 0.3) is 5.65 Å². The summed E-state index contributed by atoms with van der Waals surface area (Å²) in [5.41, 5.74) is 0.934. The number of hydrogen-bond donors (Lipinski definition) is 1. The van der Waals surface area contributed by atoms with E-state index in [4.69, 9.17) is 0 Å². The summed E-state index contributed by atoms with van der Waals surface area (Å²) in [7, 11) is 0. The summed E-state index contributed by atoms with van der Waals surface area (Å²) >= 11 is 0. The smallest absolute Gasteiger partial charge is 0.160 e. The van der Waals surface area contributed by atoms with E-state index < -0.39 is 0 Å². The van der Waals surface area contributed by atoms with Gasteiger partial charge in [0.15, 0.2) is 5.65 Å². The van der Waals surface area contributed by atoms with Crippen molar-refractivity contribution >= 4 is 5.65 Å². The number of hydrogen-bond acceptors (Lipinski definition) is 3. The number of nitrogens with one attached hydrogen (secondary N) is 1. The van der Waals surface area contributed by atoms with Crippen LogP contribution in [0.15, 0.2) is 24.4 Å². The lowest BCUT2D eigenvalue weighted by Crippen LogP contribution is -2.35. The molecule has 0 amide bonds. The minimum Gasteiger partial charge on any atom is -0.314 e. The number of fused-ring (bicyclic) bond motifs is 1. The highest BCUT2D eigenvalue weighted by molar-refractivity contribution is 5.36. The van der Waals surface area contributed by atoms with E-state index in [1.165, 1.54) is 25.7 Å². The molecule has 2 heterocycles. The molecule has 0 aromatic carbocycles. The van der Waals surface area contributed by atoms with E-state index in [9.17, 15) is 0 Å². The monoisotopic (exact) mass is 258 g/mol. The average molecular weight is 258 g/mol. The van der Waals surface area contributed by atoms with Crippen LogP contribution in [0.1, 0.15) is 38.4 Å². The van der Waals surface area contributed by atoms with Gasteiger partial charge in [-0.05, 0) is 30.9 Å². The summed E-state index contributed by atoms with van der Waals surface area (Å²) in [6, 6.07) is 6.71. The Labute approximate surface area is 114 Å². The molecule has 4 nitrogen and oxygen atoms in total. The first kappa shape index (κ1) is 12.6. The average Bonchev–Trinajstić information content (AvgIpc) is 2.83. The Kier molecular flexibility index (Phi) is 3.78. The SMILES string of the molecule is CC1CCCC(NCCc2nnc3ccccn23)C1. The fourth-order valence-electron chi connectivity index (χ4n) is 3.07. The van der Waals surface area contributed by atoms with Gasteiger partial charge in [-0.3, -0.25) is 4.40 Å². The van der Waals surface area contributed by atoms with Crippen molar-refractivity contribution in [3.05, 3.63) is 30.2 Å². The topological polar surface area (TPSA) is 42.2 Å². The Balaban J connectivity index is 1.55. The highest BCUT2D eigenvalue weighted by Gasteiger charge is 2.18. The minimum atomic E-state index is 0.697. The maximum absolute atomic E-state index is 4.27. The zero-order valence-corrected chi connectivity index (χ0v) is 11.5. The zero-order valence-electron chi connectivity index (χ0n) is 11.5. The highest BCUT2D eigenvalue weighted by atomic mass is 15.2. The first-order valence-corrected chi connectivity index (χ1v) is 7.35. The van der Waals surface area contributed by atoms with E-state index in [-0.39, 0.29) is 0 Å². The van der Waals surface area contributed by atoms with E-state index in [1.54, 1.807) is 0 Å². The van der Waals surface area contributed by atoms with Crippen LogP contribution in [0.3, 0.4) is 0 Å². The Bertz CT molecular complexity index is 534. The molecule has 19 heavy (non-hydrogen) atoms. The van der Waals surface area contributed by atoms with Crippen LogP contribution in [-0.2, 0) is 6.42 Å². The summed E-state index contributed by atoms with van der Waals surface area (Å²) in [5, 5.41) is 12.1. The predicted molar refractivity (Wildman–Crippen MR) is 76.1 cm³/mol. The van der Waals surface area contributed by atoms with Crippen molar-refractivity contribution in [2.24, 2.45) is 5.92 Å². The standard InChI is InChI=1S/C15H22N4/c1-12-5-4-6-13(11-12)16-9-8-15-18-17-14-7-2-3-10-19(14)15/h2-3,7,10,12-13,16H,4-6,8-9,11H2,1H3. The second kappa shape index (κ2) is 5.70. The Morgan fingerprint density at radius 2 is 2.26 bits per heavy atom. The van der Waals surface area contributed by atoms with Crippen LogP contribution in [0, 0.1) is 5.92 Å². The van der Waals surface area contributed by atoms with Crippen LogP contribution in [0.5, 0.6) is 0 Å². The lowest BCUT2D eigenvalue weighted by Gasteiger charge is -2.27. The maximum atomic E-state index is 4.27. The first-order valence-electron chi connectivity index (χ1n) is 7.35. The third-order valence-corrected chi connectivity index (χ3v) is 4.10. The Morgan fingerprint density at radius 1 is 1.32 bits per heavy atom. The molecule has 0 bridgehead atoms. The van der Waals surface area contributed by atoms with Crippen molar-refractivity contribution in [2.75, 3.05) is 6.54 Å². The van der Waals surface area contributed by atoms with Crippen molar-refractivity contribution in [1.82, 2.24) is 19.9 Å². The molecular formula is C15H22N4. The molecule has 1 aliphatic carbocycles. The highest BCUT2D eigenvalue weighted by Crippen LogP contribution is 2.23. The fraction of sp³-hybridized carbons (Fsp3) is 0.600. The van der Waals surface area contributed by atoms with Gasteiger partial charge in [-0.25, -0.2) is 0 Å². The number of pyridine rings is 1. The van der Waals surface area contributed by atoms with E-state index in [0.717, 1.165) is 30.4 Å². The first-order chi connectivity index (χ1) is 9.33. The summed E-state index contributed by atoms with van der Waals surface area (Å²) in [4.78, 5) is 0. The van der Waals surface area contributed by atoms with Gasteiger partial charge in [0, 0.05) is 25.2 Å². The van der Waals surface area contributed by atoms with Crippen molar-refractivity contribution in [3.8, 4) is 0 Å². The van der Waals surface area contributed by atoms with Gasteiger partial charge >= 0.3 is 0 Å². The third kappa shape index (κ3) is 2.95. The minimum absolute atomic E-state index is 0.697. The molecule has 1 aliphatic rings. The van der Waals surface area contributed by atoms with E-state index in [1.807, 2.05) is 24.4 Å². The van der Waals surface area contributed by atoms with Crippen LogP contribution in [0.2, 0.25) is 0 Å². The zero-order chi connectivity index (χ0) is 13.1. The summed E-state index contributed by atoms with van der Waals surface area (Å²) < 4.78 is 2.07. The second-order valence-corrected chi connectivity index (χ2v) is 5.72. The molecule has 0 radical (unpaired) electrons. The molecule has 0 aliphatic heterocycles. The third-order valence-electron chi connectivity index (χ3n) is 4.10. The van der Waals surface area contributed by atoms with E-state index in [0.29, 0.717) is 6.04 Å². The molecule has 1 saturated carbocycles. The molecular weight excluding hydrogens is 236 g/mol. The number of rotatable bonds is 4. The van der Waals surface area contributed by atoms with Crippen molar-refractivity contribution < 1.29 is 0 Å². The molecule has 0 spiro atoms. The van der Waals surface area contributed by atoms with Crippen molar-refractivity contribution in [1.29, 1.82) is 0 Å². The molecule has 2 aromatic heterocycles. The van der Waals surface area contributed by atoms with Gasteiger partial charge in [-0.15, -0.1) is 10.2 Å². The summed E-state index contributed by atoms with van der Waals surface area (Å²) in [6.45, 7) is 3.35. The quantitative estimate of drug-likeness (QED) is 0.916. The van der Waals surface area contributed by atoms with Crippen molar-refractivity contribution in [2.45, 2.75) is 45.1 Å². The predicted octanol–water partition coefficient (Wildman–Crippen LogP) is 2.44. The molecule has 2 aromatic rings. The Morgan fingerprint density at radius 3 is 3.16 bits per heavy atom. The van der Waals surface area contributed by atoms with Gasteiger partial charge in [0.1, 0.15) is 5.82 Å². The van der Waals surface area contributed by atoms with Crippen LogP contribution in [0.4, 0.5) is 0 Å². The number of nitrogens with zero attached hydrogens (tertiary/aromatic N) is 3.